The third-order valence-corrected chi connectivity index (χ3v) is 4.63. The minimum absolute atomic E-state index is 0.0736. The molecule has 2 heterocycles. The summed E-state index contributed by atoms with van der Waals surface area (Å²) < 4.78 is 25.9. The summed E-state index contributed by atoms with van der Waals surface area (Å²) in [7, 11) is -3.82. The Labute approximate surface area is 106 Å². The van der Waals surface area contributed by atoms with E-state index in [1.807, 2.05) is 0 Å². The highest BCUT2D eigenvalue weighted by molar-refractivity contribution is 7.94. The summed E-state index contributed by atoms with van der Waals surface area (Å²) in [5.41, 5.74) is -0.447. The summed E-state index contributed by atoms with van der Waals surface area (Å²) in [6.45, 7) is 0. The van der Waals surface area contributed by atoms with Gasteiger partial charge in [0, 0.05) is 12.4 Å². The van der Waals surface area contributed by atoms with Gasteiger partial charge in [-0.3, -0.25) is 4.72 Å². The van der Waals surface area contributed by atoms with Crippen molar-refractivity contribution >= 4 is 33.1 Å². The third kappa shape index (κ3) is 2.46. The van der Waals surface area contributed by atoms with Gasteiger partial charge in [0.25, 0.3) is 10.0 Å². The second kappa shape index (κ2) is 4.70. The van der Waals surface area contributed by atoms with E-state index < -0.39 is 21.7 Å². The first-order valence-electron chi connectivity index (χ1n) is 4.61. The molecule has 2 aromatic rings. The van der Waals surface area contributed by atoms with Crippen LogP contribution in [0.4, 0.5) is 5.82 Å². The molecule has 2 N–H and O–H groups in total. The molecule has 0 saturated heterocycles. The largest absolute Gasteiger partial charge is 0.476 e. The number of sulfonamides is 1. The van der Waals surface area contributed by atoms with Gasteiger partial charge in [0.2, 0.25) is 0 Å². The first kappa shape index (κ1) is 12.5. The van der Waals surface area contributed by atoms with Crippen molar-refractivity contribution in [2.24, 2.45) is 0 Å². The molecular formula is C9H7N3O4S2. The molecule has 0 bridgehead atoms. The van der Waals surface area contributed by atoms with Gasteiger partial charge in [0.05, 0.1) is 0 Å². The van der Waals surface area contributed by atoms with Crippen molar-refractivity contribution in [3.05, 3.63) is 35.6 Å². The molecule has 0 spiro atoms. The van der Waals surface area contributed by atoms with Crippen LogP contribution in [0.15, 0.2) is 34.1 Å². The lowest BCUT2D eigenvalue weighted by Crippen LogP contribution is -2.16. The molecule has 0 aliphatic heterocycles. The zero-order valence-electron chi connectivity index (χ0n) is 8.77. The van der Waals surface area contributed by atoms with Gasteiger partial charge in [-0.05, 0) is 11.4 Å². The van der Waals surface area contributed by atoms with Gasteiger partial charge >= 0.3 is 5.97 Å². The van der Waals surface area contributed by atoms with E-state index in [2.05, 4.69) is 14.7 Å². The van der Waals surface area contributed by atoms with Crippen molar-refractivity contribution in [1.29, 1.82) is 0 Å². The van der Waals surface area contributed by atoms with Gasteiger partial charge in [-0.25, -0.2) is 23.2 Å². The number of hydrogen-bond donors (Lipinski definition) is 2. The summed E-state index contributed by atoms with van der Waals surface area (Å²) in [6, 6.07) is 2.98. The van der Waals surface area contributed by atoms with Gasteiger partial charge < -0.3 is 5.11 Å². The van der Waals surface area contributed by atoms with Gasteiger partial charge in [-0.2, -0.15) is 0 Å². The number of nitrogens with zero attached hydrogens (tertiary/aromatic N) is 2. The average molecular weight is 285 g/mol. The van der Waals surface area contributed by atoms with Crippen LogP contribution >= 0.6 is 11.3 Å². The van der Waals surface area contributed by atoms with Crippen LogP contribution in [0.3, 0.4) is 0 Å². The second-order valence-electron chi connectivity index (χ2n) is 3.10. The Hall–Kier alpha value is -2.00. The molecule has 9 heteroatoms. The van der Waals surface area contributed by atoms with Crippen LogP contribution in [-0.2, 0) is 10.0 Å². The number of aromatic nitrogens is 2. The molecule has 0 unspecified atom stereocenters. The fourth-order valence-electron chi connectivity index (χ4n) is 1.16. The fourth-order valence-corrected chi connectivity index (χ4v) is 3.17. The van der Waals surface area contributed by atoms with Crippen LogP contribution < -0.4 is 4.72 Å². The van der Waals surface area contributed by atoms with Gasteiger partial charge in [0.15, 0.2) is 11.5 Å². The summed E-state index contributed by atoms with van der Waals surface area (Å²) in [6.07, 6.45) is 2.38. The topological polar surface area (TPSA) is 109 Å². The maximum Gasteiger partial charge on any atom is 0.358 e. The molecule has 0 radical (unpaired) electrons. The molecule has 0 amide bonds. The maximum absolute atomic E-state index is 11.9. The maximum atomic E-state index is 11.9. The van der Waals surface area contributed by atoms with Gasteiger partial charge in [-0.1, -0.05) is 6.07 Å². The monoisotopic (exact) mass is 285 g/mol. The molecule has 0 saturated carbocycles. The highest BCUT2D eigenvalue weighted by atomic mass is 32.2. The number of thiophene rings is 1. The summed E-state index contributed by atoms with van der Waals surface area (Å²) in [4.78, 5) is 18.1. The molecule has 0 aliphatic carbocycles. The highest BCUT2D eigenvalue weighted by Gasteiger charge is 2.20. The van der Waals surface area contributed by atoms with E-state index in [0.717, 1.165) is 11.3 Å². The molecule has 2 rings (SSSR count). The molecule has 94 valence electrons. The Morgan fingerprint density at radius 3 is 2.67 bits per heavy atom. The summed E-state index contributed by atoms with van der Waals surface area (Å²) in [5.74, 6) is -1.66. The molecule has 0 aromatic carbocycles. The van der Waals surface area contributed by atoms with Crippen molar-refractivity contribution in [3.8, 4) is 0 Å². The Morgan fingerprint density at radius 2 is 2.06 bits per heavy atom. The van der Waals surface area contributed by atoms with Crippen LogP contribution in [0.5, 0.6) is 0 Å². The lowest BCUT2D eigenvalue weighted by atomic mass is 10.4. The van der Waals surface area contributed by atoms with Crippen LogP contribution in [-0.4, -0.2) is 29.5 Å². The van der Waals surface area contributed by atoms with E-state index in [9.17, 15) is 13.2 Å². The minimum atomic E-state index is -3.82. The Kier molecular flexibility index (Phi) is 3.26. The zero-order valence-corrected chi connectivity index (χ0v) is 10.4. The smallest absolute Gasteiger partial charge is 0.358 e. The average Bonchev–Trinajstić information content (AvgIpc) is 2.83. The molecule has 0 aliphatic rings. The van der Waals surface area contributed by atoms with E-state index in [-0.39, 0.29) is 10.0 Å². The molecule has 2 aromatic heterocycles. The normalized spacial score (nSPS) is 11.1. The number of nitrogens with one attached hydrogen (secondary N) is 1. The predicted octanol–water partition coefficient (Wildman–Crippen LogP) is 1.04. The van der Waals surface area contributed by atoms with E-state index in [1.54, 1.807) is 11.4 Å². The van der Waals surface area contributed by atoms with Crippen LogP contribution in [0.1, 0.15) is 10.5 Å². The molecule has 18 heavy (non-hydrogen) atoms. The fraction of sp³-hybridized carbons (Fsp3) is 0. The number of rotatable bonds is 4. The zero-order chi connectivity index (χ0) is 13.2. The number of carboxylic acids is 1. The number of aromatic carboxylic acids is 1. The Morgan fingerprint density at radius 1 is 1.33 bits per heavy atom. The van der Waals surface area contributed by atoms with E-state index in [0.29, 0.717) is 0 Å². The van der Waals surface area contributed by atoms with E-state index in [1.165, 1.54) is 18.5 Å². The quantitative estimate of drug-likeness (QED) is 0.868. The predicted molar refractivity (Wildman–Crippen MR) is 64.1 cm³/mol. The van der Waals surface area contributed by atoms with Crippen molar-refractivity contribution in [2.45, 2.75) is 4.21 Å². The van der Waals surface area contributed by atoms with Crippen molar-refractivity contribution < 1.29 is 18.3 Å². The first-order chi connectivity index (χ1) is 8.50. The Balaban J connectivity index is 2.39. The van der Waals surface area contributed by atoms with Gasteiger partial charge in [0.1, 0.15) is 4.21 Å². The molecule has 0 fully saturated rings. The van der Waals surface area contributed by atoms with Crippen molar-refractivity contribution in [2.75, 3.05) is 4.72 Å². The second-order valence-corrected chi connectivity index (χ2v) is 5.95. The molecule has 7 nitrogen and oxygen atoms in total. The minimum Gasteiger partial charge on any atom is -0.476 e. The molecular weight excluding hydrogens is 278 g/mol. The number of anilines is 1. The van der Waals surface area contributed by atoms with Crippen LogP contribution in [0, 0.1) is 0 Å². The van der Waals surface area contributed by atoms with E-state index >= 15 is 0 Å². The third-order valence-electron chi connectivity index (χ3n) is 1.89. The molecule has 0 atom stereocenters. The van der Waals surface area contributed by atoms with Gasteiger partial charge in [-0.15, -0.1) is 11.3 Å². The summed E-state index contributed by atoms with van der Waals surface area (Å²) >= 11 is 1.02. The lowest BCUT2D eigenvalue weighted by molar-refractivity contribution is 0.0691. The standard InChI is InChI=1S/C9H7N3O4S2/c13-9(14)7-8(11-4-3-10-7)12-18(15,16)6-2-1-5-17-6/h1-5H,(H,11,12)(H,13,14). The summed E-state index contributed by atoms with van der Waals surface area (Å²) in [5, 5.41) is 10.5. The SMILES string of the molecule is O=C(O)c1nccnc1NS(=O)(=O)c1cccs1. The highest BCUT2D eigenvalue weighted by Crippen LogP contribution is 2.20. The van der Waals surface area contributed by atoms with Crippen LogP contribution in [0.2, 0.25) is 0 Å². The van der Waals surface area contributed by atoms with Crippen molar-refractivity contribution in [3.63, 3.8) is 0 Å². The van der Waals surface area contributed by atoms with Crippen LogP contribution in [0.25, 0.3) is 0 Å². The number of carboxylic acid groups (broad SMARTS) is 1. The lowest BCUT2D eigenvalue weighted by Gasteiger charge is -2.06. The number of hydrogen-bond acceptors (Lipinski definition) is 6. The number of carbonyl (C=O) groups is 1. The Bertz CT molecular complexity index is 667. The van der Waals surface area contributed by atoms with E-state index in [4.69, 9.17) is 5.11 Å². The van der Waals surface area contributed by atoms with Crippen molar-refractivity contribution in [1.82, 2.24) is 9.97 Å². The first-order valence-corrected chi connectivity index (χ1v) is 6.97.